The van der Waals surface area contributed by atoms with Crippen LogP contribution in [-0.4, -0.2) is 182 Å². The maximum Gasteiger partial charge on any atom is 0.231 e. The molecule has 10 aromatic carbocycles. The summed E-state index contributed by atoms with van der Waals surface area (Å²) in [4.78, 5) is 42.1. The largest absolute Gasteiger partial charge is 0.497 e. The van der Waals surface area contributed by atoms with Gasteiger partial charge >= 0.3 is 0 Å². The van der Waals surface area contributed by atoms with Crippen LogP contribution < -0.4 is 114 Å². The van der Waals surface area contributed by atoms with E-state index in [9.17, 15) is 14.4 Å². The molecule has 14 atom stereocenters. The van der Waals surface area contributed by atoms with Crippen LogP contribution in [0.1, 0.15) is 200 Å². The summed E-state index contributed by atoms with van der Waals surface area (Å²) in [5.41, 5.74) is 10.8. The van der Waals surface area contributed by atoms with Gasteiger partial charge in [0.05, 0.1) is 78.6 Å². The van der Waals surface area contributed by atoms with Crippen molar-refractivity contribution in [3.8, 4) is 138 Å². The van der Waals surface area contributed by atoms with Gasteiger partial charge in [0.2, 0.25) is 57.1 Å². The third-order valence-electron chi connectivity index (χ3n) is 31.6. The van der Waals surface area contributed by atoms with Gasteiger partial charge in [0.1, 0.15) is 93.1 Å². The molecule has 26 rings (SSSR count). The fraction of sp³-hybridized carbons (Fsp3) is 0.430. The first-order valence-electron chi connectivity index (χ1n) is 49.6. The minimum atomic E-state index is -1.02. The van der Waals surface area contributed by atoms with Crippen molar-refractivity contribution in [2.24, 2.45) is 23.7 Å². The number of rotatable bonds is 16. The number of ketones is 3. The van der Waals surface area contributed by atoms with E-state index >= 15 is 0 Å². The Morgan fingerprint density at radius 1 is 0.386 bits per heavy atom. The Morgan fingerprint density at radius 2 is 0.862 bits per heavy atom. The molecule has 0 spiro atoms. The molecule has 1 saturated heterocycles. The zero-order valence-electron chi connectivity index (χ0n) is 83.9. The molecular weight excluding hydrogens is 1860 g/mol. The van der Waals surface area contributed by atoms with Crippen LogP contribution in [0.3, 0.4) is 0 Å². The van der Waals surface area contributed by atoms with Crippen molar-refractivity contribution in [2.45, 2.75) is 170 Å². The maximum absolute atomic E-state index is 13.5. The number of benzene rings is 10. The predicted octanol–water partition coefficient (Wildman–Crippen LogP) is 19.7. The van der Waals surface area contributed by atoms with Crippen LogP contribution in [0.5, 0.6) is 138 Å². The van der Waals surface area contributed by atoms with E-state index in [1.165, 1.54) is 42.4 Å². The number of methoxy groups -OCH3 is 10. The van der Waals surface area contributed by atoms with E-state index in [1.54, 1.807) is 83.2 Å². The summed E-state index contributed by atoms with van der Waals surface area (Å²) in [6.07, 6.45) is 13.6. The second kappa shape index (κ2) is 38.2. The number of carbonyl (C=O) groups excluding carboxylic acids is 3. The molecule has 0 bridgehead atoms. The Bertz CT molecular complexity index is 6740. The Morgan fingerprint density at radius 3 is 1.38 bits per heavy atom. The molecule has 0 aromatic heterocycles. The number of ether oxygens (including phenoxy) is 27. The van der Waals surface area contributed by atoms with E-state index in [0.29, 0.717) is 147 Å². The second-order valence-electron chi connectivity index (χ2n) is 39.3. The van der Waals surface area contributed by atoms with Gasteiger partial charge in [-0.2, -0.15) is 0 Å². The lowest BCUT2D eigenvalue weighted by atomic mass is 9.66. The van der Waals surface area contributed by atoms with Gasteiger partial charge < -0.3 is 128 Å². The number of fused-ring (bicyclic) bond motifs is 18. The highest BCUT2D eigenvalue weighted by Crippen LogP contribution is 2.65. The van der Waals surface area contributed by atoms with E-state index in [1.807, 2.05) is 136 Å². The number of nitrogens with zero attached hydrogens (tertiary/aromatic N) is 1. The molecule has 16 aliphatic rings. The summed E-state index contributed by atoms with van der Waals surface area (Å²) in [6.45, 7) is 13.7. The van der Waals surface area contributed by atoms with Gasteiger partial charge in [-0.25, -0.2) is 0 Å². The zero-order chi connectivity index (χ0) is 100. The van der Waals surface area contributed by atoms with Crippen LogP contribution in [0.2, 0.25) is 0 Å². The average Bonchev–Trinajstić information content (AvgIpc) is 1.61. The van der Waals surface area contributed by atoms with Gasteiger partial charge in [0, 0.05) is 190 Å². The molecule has 31 nitrogen and oxygen atoms in total. The van der Waals surface area contributed by atoms with Crippen LogP contribution >= 0.6 is 0 Å². The number of carbonyl (C=O) groups is 3. The Kier molecular flexibility index (Phi) is 25.2. The van der Waals surface area contributed by atoms with Crippen molar-refractivity contribution in [2.75, 3.05) is 125 Å². The first kappa shape index (κ1) is 95.8. The molecule has 0 radical (unpaired) electrons. The molecule has 0 N–H and O–H groups in total. The number of Topliss-reactive ketones (excluding diaryl/α,β-unsaturated/α-hetero) is 3. The summed E-state index contributed by atoms with van der Waals surface area (Å²) in [7, 11) is 16.3. The van der Waals surface area contributed by atoms with Crippen molar-refractivity contribution < 1.29 is 142 Å². The SMILES string of the molecule is CC1(C)C=Cc2c(ccc3c2O[C@@H]2COc4cc5c(cc4[C@@H]2C3=O)OCO5)O1.CCc1ccc(C2c3cc4c(cc3OC3(N5CCCC5)CCCCC23)OCO4)c(OC)c1.COc1cc(C2c3cc4c(cc3OC(C)(OC)C2C)OCO4)cc(OC)c1OC.COc1ccc(C2c3cc4c(cc3OC3(OC)CCC(=O)C23)OCO4)c(OC)c1.COc1ccccc1C1c2cc3c(cc2OC2(OC)CCC(=O)C12)OCO3. The smallest absolute Gasteiger partial charge is 0.231 e. The number of para-hydroxylation sites is 1. The second-order valence-corrected chi connectivity index (χ2v) is 39.3. The Labute approximate surface area is 840 Å². The lowest BCUT2D eigenvalue weighted by Gasteiger charge is -2.55. The van der Waals surface area contributed by atoms with Crippen LogP contribution in [0.25, 0.3) is 6.08 Å². The monoisotopic (exact) mass is 1980 g/mol. The van der Waals surface area contributed by atoms with Gasteiger partial charge in [-0.1, -0.05) is 56.7 Å². The fourth-order valence-electron chi connectivity index (χ4n) is 24.3. The molecule has 3 saturated carbocycles. The van der Waals surface area contributed by atoms with Crippen LogP contribution in [0.4, 0.5) is 0 Å². The molecule has 31 heteroatoms. The third kappa shape index (κ3) is 16.4. The van der Waals surface area contributed by atoms with Gasteiger partial charge in [-0.05, 0) is 142 Å². The van der Waals surface area contributed by atoms with Crippen molar-refractivity contribution in [1.29, 1.82) is 0 Å². The molecule has 4 fully saturated rings. The number of hydrogen-bond donors (Lipinski definition) is 0. The molecule has 0 amide bonds. The summed E-state index contributed by atoms with van der Waals surface area (Å²) < 4.78 is 157. The van der Waals surface area contributed by atoms with Crippen molar-refractivity contribution in [1.82, 2.24) is 4.90 Å². The summed E-state index contributed by atoms with van der Waals surface area (Å²) in [5.74, 6) is 12.5. The molecule has 3 aliphatic carbocycles. The van der Waals surface area contributed by atoms with Gasteiger partial charge in [-0.15, -0.1) is 0 Å². The lowest BCUT2D eigenvalue weighted by molar-refractivity contribution is -0.198. The quantitative estimate of drug-likeness (QED) is 0.0867. The van der Waals surface area contributed by atoms with E-state index < -0.39 is 46.8 Å². The molecular formula is C114H119NO30. The molecule has 12 unspecified atom stereocenters. The van der Waals surface area contributed by atoms with E-state index in [0.717, 1.165) is 111 Å². The van der Waals surface area contributed by atoms with Gasteiger partial charge in [0.15, 0.2) is 80.5 Å². The maximum atomic E-state index is 13.5. The topological polar surface area (TPSA) is 304 Å². The molecule has 760 valence electrons. The van der Waals surface area contributed by atoms with Gasteiger partial charge in [0.25, 0.3) is 0 Å². The lowest BCUT2D eigenvalue weighted by Crippen LogP contribution is -2.61. The van der Waals surface area contributed by atoms with E-state index in [4.69, 9.17) is 128 Å². The van der Waals surface area contributed by atoms with Crippen LogP contribution in [-0.2, 0) is 30.2 Å². The molecule has 10 aromatic rings. The highest BCUT2D eigenvalue weighted by Gasteiger charge is 2.63. The van der Waals surface area contributed by atoms with E-state index in [-0.39, 0.29) is 86.6 Å². The summed E-state index contributed by atoms with van der Waals surface area (Å²) >= 11 is 0. The first-order chi connectivity index (χ1) is 70.4. The summed E-state index contributed by atoms with van der Waals surface area (Å²) in [5, 5.41) is 0. The van der Waals surface area contributed by atoms with Crippen molar-refractivity contribution in [3.05, 3.63) is 218 Å². The van der Waals surface area contributed by atoms with Gasteiger partial charge in [-0.3, -0.25) is 19.3 Å². The fourth-order valence-corrected chi connectivity index (χ4v) is 24.3. The normalized spacial score (nSPS) is 26.5. The Balaban J connectivity index is 0.000000103. The Hall–Kier alpha value is -14.0. The first-order valence-corrected chi connectivity index (χ1v) is 49.6. The minimum Gasteiger partial charge on any atom is -0.497 e. The average molecular weight is 1980 g/mol. The number of likely N-dealkylation sites (tertiary alicyclic amines) is 1. The standard InChI is InChI=1S/C27H33NO4.C22H22O7.C22H26O7.C22H18O6.C21H20O6/c1-3-18-9-10-19(22(14-18)29-2)26-20-15-24-25(31-17-30-24)16-23(20)32-27(28-12-6-7-13-28)11-5-4-8-21(26)27;1-24-12-4-5-13(16(8-12)25-2)20-14-9-18-19(28-11-27-18)10-17(14)29-22(26-3)7-6-15(23)21(20)22;1-12-20(13-7-18(23-3)21(25-5)19(8-13)24-4)14-9-16-17(28-11-27-16)10-15(14)29-22(12,2)26-6;1-22(2)6-5-11-14(28-22)4-3-12-20(23)19-13-7-16-17(26-10-25-16)8-15(13)24-9-18(19)27-21(11)12;1-23-15-6-4-3-5-12(15)19-13-9-17-18(26-11-25-17)10-16(13)27-21(24-2)8-7-14(22)20(19)21/h9-10,14-16,21,26H,3-8,11-13,17H2,1-2H3;4-5,8-10,20-21H,6-7,11H2,1-3H3;7-10,12,20H,11H2,1-6H3;3-8,18-19H,9-10H2,1-2H3;3-6,9-10,19-20H,7-8,11H2,1-2H3/t;;;18-,19+;/m...1./s1. The minimum absolute atomic E-state index is 0.0238. The molecule has 145 heavy (non-hydrogen) atoms. The van der Waals surface area contributed by atoms with E-state index in [2.05, 4.69) is 49.1 Å². The van der Waals surface area contributed by atoms with Crippen LogP contribution in [0, 0.1) is 23.7 Å². The van der Waals surface area contributed by atoms with Crippen molar-refractivity contribution in [3.63, 3.8) is 0 Å². The van der Waals surface area contributed by atoms with Crippen LogP contribution in [0.15, 0.2) is 152 Å². The highest BCUT2D eigenvalue weighted by molar-refractivity contribution is 6.06. The predicted molar refractivity (Wildman–Crippen MR) is 526 cm³/mol. The number of aryl methyl sites for hydroxylation is 1. The van der Waals surface area contributed by atoms with Crippen molar-refractivity contribution >= 4 is 23.4 Å². The number of hydrogen-bond acceptors (Lipinski definition) is 31. The molecule has 13 heterocycles. The summed E-state index contributed by atoms with van der Waals surface area (Å²) in [6, 6.07) is 47.0. The molecule has 13 aliphatic heterocycles. The zero-order valence-corrected chi connectivity index (χ0v) is 83.9. The highest BCUT2D eigenvalue weighted by atomic mass is 16.7. The third-order valence-corrected chi connectivity index (χ3v) is 31.6.